The highest BCUT2D eigenvalue weighted by Crippen LogP contribution is 2.12. The minimum Gasteiger partial charge on any atom is -0.387 e. The van der Waals surface area contributed by atoms with Crippen LogP contribution in [0.5, 0.6) is 0 Å². The highest BCUT2D eigenvalue weighted by molar-refractivity contribution is 5.99. The van der Waals surface area contributed by atoms with Gasteiger partial charge < -0.3 is 15.6 Å². The number of imidazole rings is 1. The fourth-order valence-electron chi connectivity index (χ4n) is 1.45. The monoisotopic (exact) mass is 231 g/mol. The summed E-state index contributed by atoms with van der Waals surface area (Å²) in [6.07, 6.45) is 6.42. The number of carbonyl (C=O) groups is 1. The summed E-state index contributed by atoms with van der Waals surface area (Å²) in [5.41, 5.74) is 2.13. The molecule has 3 N–H and O–H groups in total. The molecule has 6 nitrogen and oxygen atoms in total. The van der Waals surface area contributed by atoms with E-state index < -0.39 is 0 Å². The van der Waals surface area contributed by atoms with Crippen molar-refractivity contribution in [2.24, 2.45) is 0 Å². The average Bonchev–Trinajstić information content (AvgIpc) is 2.89. The third-order valence-corrected chi connectivity index (χ3v) is 2.33. The number of aromatic nitrogens is 3. The van der Waals surface area contributed by atoms with Crippen molar-refractivity contribution in [3.05, 3.63) is 42.2 Å². The number of hydrogen-bond acceptors (Lipinski definition) is 4. The Morgan fingerprint density at radius 1 is 1.41 bits per heavy atom. The number of carbonyl (C=O) groups excluding carboxylic acids is 1. The van der Waals surface area contributed by atoms with Gasteiger partial charge in [0.25, 0.3) is 5.91 Å². The Labute approximate surface area is 98.5 Å². The van der Waals surface area contributed by atoms with Crippen LogP contribution in [0.4, 0.5) is 5.69 Å². The van der Waals surface area contributed by atoms with E-state index >= 15 is 0 Å². The molecule has 2 aromatic heterocycles. The van der Waals surface area contributed by atoms with Crippen molar-refractivity contribution in [2.45, 2.75) is 6.54 Å². The van der Waals surface area contributed by atoms with Gasteiger partial charge in [0.1, 0.15) is 0 Å². The standard InChI is InChI=1S/C11H13N5O/c1-12-10-2-3-13-6-9(10)11(17)15-5-8-4-14-7-16-8/h2-4,6-7H,5H2,1H3,(H,12,13)(H,14,16)(H,15,17). The van der Waals surface area contributed by atoms with Crippen molar-refractivity contribution in [1.82, 2.24) is 20.3 Å². The Kier molecular flexibility index (Phi) is 3.34. The van der Waals surface area contributed by atoms with Gasteiger partial charge in [-0.1, -0.05) is 0 Å². The second kappa shape index (κ2) is 5.11. The first-order valence-corrected chi connectivity index (χ1v) is 5.18. The van der Waals surface area contributed by atoms with Gasteiger partial charge in [-0.05, 0) is 6.07 Å². The van der Waals surface area contributed by atoms with Gasteiger partial charge in [0.05, 0.1) is 24.1 Å². The highest BCUT2D eigenvalue weighted by Gasteiger charge is 2.10. The molecule has 0 saturated carbocycles. The van der Waals surface area contributed by atoms with Gasteiger partial charge in [-0.25, -0.2) is 4.98 Å². The van der Waals surface area contributed by atoms with Crippen LogP contribution in [0.15, 0.2) is 31.0 Å². The van der Waals surface area contributed by atoms with E-state index in [0.717, 1.165) is 11.4 Å². The lowest BCUT2D eigenvalue weighted by molar-refractivity contribution is 0.0951. The number of rotatable bonds is 4. The molecular weight excluding hydrogens is 218 g/mol. The van der Waals surface area contributed by atoms with Crippen molar-refractivity contribution in [2.75, 3.05) is 12.4 Å². The number of H-pyrrole nitrogens is 1. The number of anilines is 1. The topological polar surface area (TPSA) is 82.7 Å². The second-order valence-electron chi connectivity index (χ2n) is 3.43. The molecule has 0 aliphatic rings. The molecule has 2 heterocycles. The summed E-state index contributed by atoms with van der Waals surface area (Å²) in [4.78, 5) is 22.6. The first kappa shape index (κ1) is 11.1. The van der Waals surface area contributed by atoms with Crippen LogP contribution in [0.1, 0.15) is 16.1 Å². The van der Waals surface area contributed by atoms with E-state index in [1.165, 1.54) is 6.20 Å². The third-order valence-electron chi connectivity index (χ3n) is 2.33. The van der Waals surface area contributed by atoms with Gasteiger partial charge >= 0.3 is 0 Å². The highest BCUT2D eigenvalue weighted by atomic mass is 16.1. The van der Waals surface area contributed by atoms with Gasteiger partial charge in [-0.2, -0.15) is 0 Å². The molecule has 0 unspecified atom stereocenters. The Bertz CT molecular complexity index is 494. The molecule has 0 atom stereocenters. The number of aromatic amines is 1. The van der Waals surface area contributed by atoms with Crippen molar-refractivity contribution in [3.8, 4) is 0 Å². The maximum atomic E-state index is 11.9. The summed E-state index contributed by atoms with van der Waals surface area (Å²) in [6.45, 7) is 0.414. The maximum absolute atomic E-state index is 11.9. The summed E-state index contributed by atoms with van der Waals surface area (Å²) >= 11 is 0. The molecule has 0 spiro atoms. The molecule has 0 fully saturated rings. The molecule has 0 saturated heterocycles. The first-order valence-electron chi connectivity index (χ1n) is 5.18. The van der Waals surface area contributed by atoms with Crippen LogP contribution >= 0.6 is 0 Å². The summed E-state index contributed by atoms with van der Waals surface area (Å²) in [6, 6.07) is 1.76. The largest absolute Gasteiger partial charge is 0.387 e. The molecule has 6 heteroatoms. The predicted octanol–water partition coefficient (Wildman–Crippen LogP) is 0.776. The van der Waals surface area contributed by atoms with E-state index in [4.69, 9.17) is 0 Å². The van der Waals surface area contributed by atoms with Gasteiger partial charge in [0, 0.05) is 31.3 Å². The summed E-state index contributed by atoms with van der Waals surface area (Å²) in [5.74, 6) is -0.169. The fourth-order valence-corrected chi connectivity index (χ4v) is 1.45. The minimum absolute atomic E-state index is 0.169. The van der Waals surface area contributed by atoms with Crippen LogP contribution in [0.25, 0.3) is 0 Å². The molecule has 2 aromatic rings. The zero-order chi connectivity index (χ0) is 12.1. The molecule has 17 heavy (non-hydrogen) atoms. The first-order chi connectivity index (χ1) is 8.31. The van der Waals surface area contributed by atoms with E-state index in [1.807, 2.05) is 0 Å². The van der Waals surface area contributed by atoms with E-state index in [2.05, 4.69) is 25.6 Å². The lowest BCUT2D eigenvalue weighted by Gasteiger charge is -2.08. The zero-order valence-electron chi connectivity index (χ0n) is 9.40. The van der Waals surface area contributed by atoms with Crippen LogP contribution in [0.3, 0.4) is 0 Å². The quantitative estimate of drug-likeness (QED) is 0.726. The van der Waals surface area contributed by atoms with Crippen LogP contribution in [-0.4, -0.2) is 27.9 Å². The summed E-state index contributed by atoms with van der Waals surface area (Å²) < 4.78 is 0. The van der Waals surface area contributed by atoms with Crippen molar-refractivity contribution in [1.29, 1.82) is 0 Å². The van der Waals surface area contributed by atoms with Crippen LogP contribution in [0, 0.1) is 0 Å². The van der Waals surface area contributed by atoms with Crippen molar-refractivity contribution >= 4 is 11.6 Å². The molecule has 88 valence electrons. The molecule has 0 radical (unpaired) electrons. The van der Waals surface area contributed by atoms with Crippen molar-refractivity contribution < 1.29 is 4.79 Å². The van der Waals surface area contributed by atoms with E-state index in [0.29, 0.717) is 12.1 Å². The number of nitrogens with one attached hydrogen (secondary N) is 3. The molecule has 2 rings (SSSR count). The maximum Gasteiger partial charge on any atom is 0.255 e. The van der Waals surface area contributed by atoms with Gasteiger partial charge in [-0.15, -0.1) is 0 Å². The number of pyridine rings is 1. The summed E-state index contributed by atoms with van der Waals surface area (Å²) in [5, 5.41) is 5.73. The lowest BCUT2D eigenvalue weighted by atomic mass is 10.2. The molecular formula is C11H13N5O. The van der Waals surface area contributed by atoms with Crippen LogP contribution in [-0.2, 0) is 6.54 Å². The van der Waals surface area contributed by atoms with Crippen molar-refractivity contribution in [3.63, 3.8) is 0 Å². The lowest BCUT2D eigenvalue weighted by Crippen LogP contribution is -2.24. The summed E-state index contributed by atoms with van der Waals surface area (Å²) in [7, 11) is 1.76. The Balaban J connectivity index is 2.04. The predicted molar refractivity (Wildman–Crippen MR) is 63.5 cm³/mol. The van der Waals surface area contributed by atoms with E-state index in [9.17, 15) is 4.79 Å². The fraction of sp³-hybridized carbons (Fsp3) is 0.182. The van der Waals surface area contributed by atoms with Crippen LogP contribution in [0.2, 0.25) is 0 Å². The molecule has 0 aliphatic heterocycles. The molecule has 0 aromatic carbocycles. The Morgan fingerprint density at radius 3 is 3.00 bits per heavy atom. The zero-order valence-corrected chi connectivity index (χ0v) is 9.40. The molecule has 0 bridgehead atoms. The Morgan fingerprint density at radius 2 is 2.29 bits per heavy atom. The van der Waals surface area contributed by atoms with Gasteiger partial charge in [-0.3, -0.25) is 9.78 Å². The molecule has 0 aliphatic carbocycles. The Hall–Kier alpha value is -2.37. The smallest absolute Gasteiger partial charge is 0.255 e. The SMILES string of the molecule is CNc1ccncc1C(=O)NCc1cnc[nH]1. The number of nitrogens with zero attached hydrogens (tertiary/aromatic N) is 2. The number of hydrogen-bond donors (Lipinski definition) is 3. The van der Waals surface area contributed by atoms with Crippen LogP contribution < -0.4 is 10.6 Å². The number of amides is 1. The minimum atomic E-state index is -0.169. The normalized spacial score (nSPS) is 9.94. The third kappa shape index (κ3) is 2.60. The van der Waals surface area contributed by atoms with E-state index in [1.54, 1.807) is 31.8 Å². The molecule has 1 amide bonds. The van der Waals surface area contributed by atoms with E-state index in [-0.39, 0.29) is 5.91 Å². The van der Waals surface area contributed by atoms with Gasteiger partial charge in [0.15, 0.2) is 0 Å². The average molecular weight is 231 g/mol. The van der Waals surface area contributed by atoms with Gasteiger partial charge in [0.2, 0.25) is 0 Å². The second-order valence-corrected chi connectivity index (χ2v) is 3.43.